The zero-order chi connectivity index (χ0) is 15.4. The minimum atomic E-state index is 0.513. The van der Waals surface area contributed by atoms with Gasteiger partial charge in [0.15, 0.2) is 0 Å². The van der Waals surface area contributed by atoms with Crippen LogP contribution in [0.4, 0.5) is 5.69 Å². The van der Waals surface area contributed by atoms with Gasteiger partial charge in [-0.1, -0.05) is 0 Å². The van der Waals surface area contributed by atoms with Crippen LogP contribution in [0.5, 0.6) is 0 Å². The van der Waals surface area contributed by atoms with E-state index in [1.165, 1.54) is 24.4 Å². The topological polar surface area (TPSA) is 37.2 Å². The third kappa shape index (κ3) is 3.47. The molecule has 3 rings (SSSR count). The molecule has 1 aliphatic heterocycles. The smallest absolute Gasteiger partial charge is 0.113 e. The van der Waals surface area contributed by atoms with Crippen molar-refractivity contribution in [2.24, 2.45) is 0 Å². The van der Waals surface area contributed by atoms with Gasteiger partial charge in [-0.2, -0.15) is 0 Å². The maximum absolute atomic E-state index is 4.65. The maximum atomic E-state index is 4.65. The molecule has 5 heteroatoms. The second kappa shape index (κ2) is 6.92. The van der Waals surface area contributed by atoms with Crippen LogP contribution >= 0.6 is 0 Å². The first kappa shape index (κ1) is 15.0. The number of likely N-dealkylation sites (N-methyl/N-ethyl adjacent to an activating group) is 1. The first-order valence-corrected chi connectivity index (χ1v) is 8.05. The molecule has 2 aromatic rings. The van der Waals surface area contributed by atoms with E-state index in [1.54, 1.807) is 0 Å². The van der Waals surface area contributed by atoms with Crippen molar-refractivity contribution in [2.45, 2.75) is 25.3 Å². The van der Waals surface area contributed by atoms with E-state index in [0.717, 1.165) is 26.2 Å². The molecule has 0 aliphatic carbocycles. The SMILES string of the molecule is CN(C)CCn1ccnc1[C@H]1CCCN(c2ccncc2)C1. The molecule has 0 N–H and O–H groups in total. The second-order valence-corrected chi connectivity index (χ2v) is 6.27. The van der Waals surface area contributed by atoms with Gasteiger partial charge in [-0.05, 0) is 39.1 Å². The van der Waals surface area contributed by atoms with Gasteiger partial charge in [0.25, 0.3) is 0 Å². The van der Waals surface area contributed by atoms with Gasteiger partial charge in [-0.25, -0.2) is 4.98 Å². The fraction of sp³-hybridized carbons (Fsp3) is 0.529. The lowest BCUT2D eigenvalue weighted by Gasteiger charge is -2.34. The summed E-state index contributed by atoms with van der Waals surface area (Å²) >= 11 is 0. The van der Waals surface area contributed by atoms with Crippen LogP contribution in [0.25, 0.3) is 0 Å². The van der Waals surface area contributed by atoms with Crippen molar-refractivity contribution in [2.75, 3.05) is 38.6 Å². The fourth-order valence-electron chi connectivity index (χ4n) is 3.15. The number of aromatic nitrogens is 3. The predicted octanol–water partition coefficient (Wildman–Crippen LogP) is 2.22. The molecule has 0 amide bonds. The van der Waals surface area contributed by atoms with E-state index < -0.39 is 0 Å². The first-order chi connectivity index (χ1) is 10.7. The number of anilines is 1. The molecule has 1 fully saturated rings. The van der Waals surface area contributed by atoms with E-state index in [9.17, 15) is 0 Å². The summed E-state index contributed by atoms with van der Waals surface area (Å²) in [4.78, 5) is 13.4. The predicted molar refractivity (Wildman–Crippen MR) is 89.2 cm³/mol. The van der Waals surface area contributed by atoms with E-state index in [2.05, 4.69) is 56.8 Å². The summed E-state index contributed by atoms with van der Waals surface area (Å²) in [5.74, 6) is 1.75. The third-order valence-electron chi connectivity index (χ3n) is 4.35. The highest BCUT2D eigenvalue weighted by atomic mass is 15.2. The van der Waals surface area contributed by atoms with Crippen LogP contribution in [0.1, 0.15) is 24.6 Å². The van der Waals surface area contributed by atoms with Gasteiger partial charge in [0.05, 0.1) is 0 Å². The van der Waals surface area contributed by atoms with Gasteiger partial charge in [-0.15, -0.1) is 0 Å². The number of pyridine rings is 1. The number of rotatable bonds is 5. The van der Waals surface area contributed by atoms with Crippen molar-refractivity contribution in [3.05, 3.63) is 42.7 Å². The van der Waals surface area contributed by atoms with E-state index >= 15 is 0 Å². The Morgan fingerprint density at radius 1 is 1.23 bits per heavy atom. The van der Waals surface area contributed by atoms with Crippen LogP contribution in [0.3, 0.4) is 0 Å². The molecule has 0 spiro atoms. The average Bonchev–Trinajstić information content (AvgIpc) is 3.02. The number of imidazole rings is 1. The van der Waals surface area contributed by atoms with E-state index in [0.29, 0.717) is 5.92 Å². The van der Waals surface area contributed by atoms with Crippen molar-refractivity contribution in [3.63, 3.8) is 0 Å². The van der Waals surface area contributed by atoms with Crippen LogP contribution in [-0.4, -0.2) is 53.2 Å². The molecular formula is C17H25N5. The molecule has 118 valence electrons. The Morgan fingerprint density at radius 3 is 2.82 bits per heavy atom. The van der Waals surface area contributed by atoms with Gasteiger partial charge in [0.1, 0.15) is 5.82 Å². The number of piperidine rings is 1. The Hall–Kier alpha value is -1.88. The van der Waals surface area contributed by atoms with Crippen LogP contribution in [-0.2, 0) is 6.54 Å². The lowest BCUT2D eigenvalue weighted by Crippen LogP contribution is -2.35. The van der Waals surface area contributed by atoms with Crippen molar-refractivity contribution >= 4 is 5.69 Å². The van der Waals surface area contributed by atoms with Crippen LogP contribution in [0, 0.1) is 0 Å². The number of nitrogens with zero attached hydrogens (tertiary/aromatic N) is 5. The monoisotopic (exact) mass is 299 g/mol. The normalized spacial score (nSPS) is 18.9. The van der Waals surface area contributed by atoms with Crippen LogP contribution in [0.15, 0.2) is 36.9 Å². The third-order valence-corrected chi connectivity index (χ3v) is 4.35. The molecule has 22 heavy (non-hydrogen) atoms. The van der Waals surface area contributed by atoms with Gasteiger partial charge >= 0.3 is 0 Å². The van der Waals surface area contributed by atoms with Gasteiger partial charge in [-0.3, -0.25) is 4.98 Å². The fourth-order valence-corrected chi connectivity index (χ4v) is 3.15. The molecule has 1 saturated heterocycles. The highest BCUT2D eigenvalue weighted by Gasteiger charge is 2.24. The Bertz CT molecular complexity index is 578. The standard InChI is InChI=1S/C17H25N5/c1-20(2)12-13-21-11-9-19-17(21)15-4-3-10-22(14-15)16-5-7-18-8-6-16/h5-9,11,15H,3-4,10,12-14H2,1-2H3/t15-/m0/s1. The summed E-state index contributed by atoms with van der Waals surface area (Å²) in [5, 5.41) is 0. The Balaban J connectivity index is 1.71. The Morgan fingerprint density at radius 2 is 2.05 bits per heavy atom. The summed E-state index contributed by atoms with van der Waals surface area (Å²) in [6.45, 7) is 4.22. The zero-order valence-electron chi connectivity index (χ0n) is 13.5. The second-order valence-electron chi connectivity index (χ2n) is 6.27. The minimum Gasteiger partial charge on any atom is -0.371 e. The van der Waals surface area contributed by atoms with Crippen LogP contribution < -0.4 is 4.90 Å². The molecule has 0 radical (unpaired) electrons. The van der Waals surface area contributed by atoms with Gasteiger partial charge in [0, 0.05) is 62.6 Å². The molecule has 1 aliphatic rings. The molecule has 0 aromatic carbocycles. The van der Waals surface area contributed by atoms with Crippen LogP contribution in [0.2, 0.25) is 0 Å². The van der Waals surface area contributed by atoms with Crippen molar-refractivity contribution in [1.82, 2.24) is 19.4 Å². The van der Waals surface area contributed by atoms with E-state index in [4.69, 9.17) is 0 Å². The number of hydrogen-bond donors (Lipinski definition) is 0. The molecule has 0 saturated carbocycles. The molecule has 0 bridgehead atoms. The Labute approximate surface area is 132 Å². The molecule has 5 nitrogen and oxygen atoms in total. The lowest BCUT2D eigenvalue weighted by atomic mass is 9.96. The van der Waals surface area contributed by atoms with Crippen molar-refractivity contribution in [1.29, 1.82) is 0 Å². The summed E-state index contributed by atoms with van der Waals surface area (Å²) in [6.07, 6.45) is 10.2. The Kier molecular flexibility index (Phi) is 4.73. The molecule has 1 atom stereocenters. The average molecular weight is 299 g/mol. The molecule has 3 heterocycles. The molecule has 0 unspecified atom stereocenters. The van der Waals surface area contributed by atoms with Crippen molar-refractivity contribution in [3.8, 4) is 0 Å². The highest BCUT2D eigenvalue weighted by molar-refractivity contribution is 5.45. The summed E-state index contributed by atoms with van der Waals surface area (Å²) in [7, 11) is 4.23. The van der Waals surface area contributed by atoms with Gasteiger partial charge < -0.3 is 14.4 Å². The maximum Gasteiger partial charge on any atom is 0.113 e. The quantitative estimate of drug-likeness (QED) is 0.848. The lowest BCUT2D eigenvalue weighted by molar-refractivity contribution is 0.373. The summed E-state index contributed by atoms with van der Waals surface area (Å²) in [6, 6.07) is 4.20. The summed E-state index contributed by atoms with van der Waals surface area (Å²) < 4.78 is 2.32. The summed E-state index contributed by atoms with van der Waals surface area (Å²) in [5.41, 5.74) is 1.27. The van der Waals surface area contributed by atoms with Crippen molar-refractivity contribution < 1.29 is 0 Å². The highest BCUT2D eigenvalue weighted by Crippen LogP contribution is 2.28. The van der Waals surface area contributed by atoms with E-state index in [-0.39, 0.29) is 0 Å². The first-order valence-electron chi connectivity index (χ1n) is 8.05. The molecule has 2 aromatic heterocycles. The molecular weight excluding hydrogens is 274 g/mol. The minimum absolute atomic E-state index is 0.513. The zero-order valence-corrected chi connectivity index (χ0v) is 13.5. The largest absolute Gasteiger partial charge is 0.371 e. The van der Waals surface area contributed by atoms with E-state index in [1.807, 2.05) is 18.6 Å². The number of hydrogen-bond acceptors (Lipinski definition) is 4. The van der Waals surface area contributed by atoms with Gasteiger partial charge in [0.2, 0.25) is 0 Å².